The van der Waals surface area contributed by atoms with E-state index in [2.05, 4.69) is 25.1 Å². The van der Waals surface area contributed by atoms with Crippen LogP contribution in [0, 0.1) is 20.8 Å². The van der Waals surface area contributed by atoms with Crippen molar-refractivity contribution >= 4 is 49.8 Å². The van der Waals surface area contributed by atoms with Crippen molar-refractivity contribution in [2.24, 2.45) is 0 Å². The van der Waals surface area contributed by atoms with Gasteiger partial charge in [-0.2, -0.15) is 0 Å². The lowest BCUT2D eigenvalue weighted by atomic mass is 10.2. The molecule has 0 unspecified atom stereocenters. The minimum atomic E-state index is -0.315. The number of aromatic nitrogens is 3. The van der Waals surface area contributed by atoms with Crippen LogP contribution in [0.4, 0.5) is 10.9 Å². The molecule has 1 aliphatic rings. The first-order valence-corrected chi connectivity index (χ1v) is 11.0. The standard InChI is InChI=1S/C19H23N5O2S2/c1-11-10-27-19(20-11)24-7-5-6-23(8-9-24)16-14-12(2)15(18(25)26-4)28-17(14)22-13(3)21-16/h10H,5-9H2,1-4H3. The van der Waals surface area contributed by atoms with Crippen LogP contribution in [-0.2, 0) is 4.74 Å². The van der Waals surface area contributed by atoms with Gasteiger partial charge in [0.2, 0.25) is 0 Å². The molecule has 0 aliphatic carbocycles. The maximum atomic E-state index is 12.1. The molecule has 28 heavy (non-hydrogen) atoms. The van der Waals surface area contributed by atoms with Gasteiger partial charge in [-0.15, -0.1) is 22.7 Å². The zero-order valence-corrected chi connectivity index (χ0v) is 18.1. The molecule has 0 radical (unpaired) electrons. The Morgan fingerprint density at radius 3 is 2.54 bits per heavy atom. The SMILES string of the molecule is COC(=O)c1sc2nc(C)nc(N3CCCN(c4nc(C)cs4)CC3)c2c1C. The highest BCUT2D eigenvalue weighted by Gasteiger charge is 2.25. The van der Waals surface area contributed by atoms with Crippen molar-refractivity contribution in [3.63, 3.8) is 0 Å². The first kappa shape index (κ1) is 19.1. The average molecular weight is 418 g/mol. The van der Waals surface area contributed by atoms with Crippen molar-refractivity contribution in [2.45, 2.75) is 27.2 Å². The lowest BCUT2D eigenvalue weighted by Crippen LogP contribution is -2.31. The van der Waals surface area contributed by atoms with Crippen LogP contribution >= 0.6 is 22.7 Å². The monoisotopic (exact) mass is 417 g/mol. The fraction of sp³-hybridized carbons (Fsp3) is 0.474. The first-order valence-electron chi connectivity index (χ1n) is 9.26. The number of methoxy groups -OCH3 is 1. The number of rotatable bonds is 3. The Morgan fingerprint density at radius 1 is 1.07 bits per heavy atom. The molecule has 0 bridgehead atoms. The summed E-state index contributed by atoms with van der Waals surface area (Å²) in [7, 11) is 1.41. The minimum absolute atomic E-state index is 0.315. The quantitative estimate of drug-likeness (QED) is 0.603. The molecule has 0 saturated carbocycles. The second-order valence-corrected chi connectivity index (χ2v) is 8.76. The minimum Gasteiger partial charge on any atom is -0.465 e. The number of carbonyl (C=O) groups is 1. The summed E-state index contributed by atoms with van der Waals surface area (Å²) in [5, 5.41) is 4.15. The van der Waals surface area contributed by atoms with E-state index in [1.165, 1.54) is 18.4 Å². The molecular formula is C19H23N5O2S2. The van der Waals surface area contributed by atoms with E-state index in [1.54, 1.807) is 11.3 Å². The topological polar surface area (TPSA) is 71.5 Å². The van der Waals surface area contributed by atoms with Crippen LogP contribution in [0.25, 0.3) is 10.2 Å². The van der Waals surface area contributed by atoms with E-state index in [0.717, 1.165) is 70.8 Å². The van der Waals surface area contributed by atoms with Crippen molar-refractivity contribution in [1.29, 1.82) is 0 Å². The number of aryl methyl sites for hydroxylation is 3. The molecule has 1 fully saturated rings. The van der Waals surface area contributed by atoms with Crippen molar-refractivity contribution in [1.82, 2.24) is 15.0 Å². The van der Waals surface area contributed by atoms with Crippen LogP contribution in [0.3, 0.4) is 0 Å². The number of nitrogens with zero attached hydrogens (tertiary/aromatic N) is 5. The summed E-state index contributed by atoms with van der Waals surface area (Å²) in [4.78, 5) is 32.2. The van der Waals surface area contributed by atoms with E-state index < -0.39 is 0 Å². The Balaban J connectivity index is 1.68. The number of thiazole rings is 1. The summed E-state index contributed by atoms with van der Waals surface area (Å²) in [6.07, 6.45) is 1.02. The molecule has 0 aromatic carbocycles. The van der Waals surface area contributed by atoms with E-state index >= 15 is 0 Å². The van der Waals surface area contributed by atoms with Gasteiger partial charge in [0.25, 0.3) is 0 Å². The summed E-state index contributed by atoms with van der Waals surface area (Å²) in [5.41, 5.74) is 1.97. The van der Waals surface area contributed by atoms with Gasteiger partial charge in [0.1, 0.15) is 21.3 Å². The Labute approximate surface area is 172 Å². The molecule has 0 atom stereocenters. The van der Waals surface area contributed by atoms with Crippen LogP contribution in [0.5, 0.6) is 0 Å². The van der Waals surface area contributed by atoms with Gasteiger partial charge in [-0.3, -0.25) is 0 Å². The lowest BCUT2D eigenvalue weighted by Gasteiger charge is -2.23. The highest BCUT2D eigenvalue weighted by molar-refractivity contribution is 7.20. The van der Waals surface area contributed by atoms with Gasteiger partial charge in [0.05, 0.1) is 18.2 Å². The molecule has 3 aromatic rings. The van der Waals surface area contributed by atoms with E-state index in [9.17, 15) is 4.79 Å². The molecule has 3 aromatic heterocycles. The largest absolute Gasteiger partial charge is 0.465 e. The lowest BCUT2D eigenvalue weighted by molar-refractivity contribution is 0.0605. The third kappa shape index (κ3) is 3.44. The molecule has 7 nitrogen and oxygen atoms in total. The van der Waals surface area contributed by atoms with E-state index in [4.69, 9.17) is 9.72 Å². The summed E-state index contributed by atoms with van der Waals surface area (Å²) >= 11 is 3.08. The highest BCUT2D eigenvalue weighted by atomic mass is 32.1. The van der Waals surface area contributed by atoms with Crippen LogP contribution in [0.15, 0.2) is 5.38 Å². The van der Waals surface area contributed by atoms with E-state index in [-0.39, 0.29) is 5.97 Å². The van der Waals surface area contributed by atoms with Crippen LogP contribution in [-0.4, -0.2) is 54.2 Å². The number of hydrogen-bond acceptors (Lipinski definition) is 9. The number of fused-ring (bicyclic) bond motifs is 1. The van der Waals surface area contributed by atoms with Gasteiger partial charge >= 0.3 is 5.97 Å². The maximum Gasteiger partial charge on any atom is 0.348 e. The van der Waals surface area contributed by atoms with E-state index in [1.807, 2.05) is 20.8 Å². The Kier molecular flexibility index (Phi) is 5.20. The van der Waals surface area contributed by atoms with Crippen molar-refractivity contribution in [2.75, 3.05) is 43.1 Å². The van der Waals surface area contributed by atoms with Crippen LogP contribution in [0.1, 0.15) is 33.2 Å². The molecule has 1 saturated heterocycles. The fourth-order valence-electron chi connectivity index (χ4n) is 3.55. The maximum absolute atomic E-state index is 12.1. The molecule has 0 amide bonds. The van der Waals surface area contributed by atoms with Crippen molar-refractivity contribution in [3.05, 3.63) is 27.3 Å². The van der Waals surface area contributed by atoms with Gasteiger partial charge < -0.3 is 14.5 Å². The van der Waals surface area contributed by atoms with Crippen LogP contribution in [0.2, 0.25) is 0 Å². The normalized spacial score (nSPS) is 15.1. The number of ether oxygens (including phenoxy) is 1. The number of esters is 1. The van der Waals surface area contributed by atoms with Crippen molar-refractivity contribution in [3.8, 4) is 0 Å². The number of thiophene rings is 1. The number of anilines is 2. The predicted octanol–water partition coefficient (Wildman–Crippen LogP) is 3.58. The molecule has 148 valence electrons. The summed E-state index contributed by atoms with van der Waals surface area (Å²) < 4.78 is 4.94. The summed E-state index contributed by atoms with van der Waals surface area (Å²) in [6.45, 7) is 9.52. The number of carbonyl (C=O) groups excluding carboxylic acids is 1. The third-order valence-electron chi connectivity index (χ3n) is 4.93. The second-order valence-electron chi connectivity index (χ2n) is 6.92. The molecule has 1 aliphatic heterocycles. The third-order valence-corrected chi connectivity index (χ3v) is 7.11. The van der Waals surface area contributed by atoms with Gasteiger partial charge in [-0.05, 0) is 32.8 Å². The molecule has 0 N–H and O–H groups in total. The molecule has 0 spiro atoms. The smallest absolute Gasteiger partial charge is 0.348 e. The van der Waals surface area contributed by atoms with Gasteiger partial charge in [-0.1, -0.05) is 0 Å². The zero-order chi connectivity index (χ0) is 19.8. The van der Waals surface area contributed by atoms with Gasteiger partial charge in [0, 0.05) is 31.6 Å². The second kappa shape index (κ2) is 7.63. The zero-order valence-electron chi connectivity index (χ0n) is 16.5. The summed E-state index contributed by atoms with van der Waals surface area (Å²) in [6, 6.07) is 0. The van der Waals surface area contributed by atoms with E-state index in [0.29, 0.717) is 4.88 Å². The molecule has 4 rings (SSSR count). The molecule has 9 heteroatoms. The molecule has 4 heterocycles. The Bertz CT molecular complexity index is 1030. The van der Waals surface area contributed by atoms with Crippen molar-refractivity contribution < 1.29 is 9.53 Å². The Morgan fingerprint density at radius 2 is 1.82 bits per heavy atom. The highest BCUT2D eigenvalue weighted by Crippen LogP contribution is 2.36. The van der Waals surface area contributed by atoms with Gasteiger partial charge in [0.15, 0.2) is 5.13 Å². The first-order chi connectivity index (χ1) is 13.5. The average Bonchev–Trinajstić information content (AvgIpc) is 3.14. The summed E-state index contributed by atoms with van der Waals surface area (Å²) in [5.74, 6) is 1.32. The van der Waals surface area contributed by atoms with Gasteiger partial charge in [-0.25, -0.2) is 19.7 Å². The predicted molar refractivity (Wildman–Crippen MR) is 114 cm³/mol. The Hall–Kier alpha value is -2.26. The molecular weight excluding hydrogens is 394 g/mol. The van der Waals surface area contributed by atoms with Crippen LogP contribution < -0.4 is 9.80 Å². The fourth-order valence-corrected chi connectivity index (χ4v) is 5.54. The number of hydrogen-bond donors (Lipinski definition) is 0.